The Morgan fingerprint density at radius 2 is 2.24 bits per heavy atom. The van der Waals surface area contributed by atoms with Crippen molar-refractivity contribution in [1.82, 2.24) is 9.78 Å². The predicted octanol–water partition coefficient (Wildman–Crippen LogP) is 3.56. The van der Waals surface area contributed by atoms with E-state index in [1.807, 2.05) is 18.7 Å². The molecule has 0 spiro atoms. The van der Waals surface area contributed by atoms with Crippen molar-refractivity contribution in [1.29, 1.82) is 0 Å². The number of nitrogens with two attached hydrogens (primary N) is 1. The van der Waals surface area contributed by atoms with Crippen LogP contribution in [0, 0.1) is 6.92 Å². The molecule has 3 nitrogen and oxygen atoms in total. The van der Waals surface area contributed by atoms with E-state index in [4.69, 9.17) is 5.73 Å². The lowest BCUT2D eigenvalue weighted by molar-refractivity contribution is 0.644. The molecule has 1 unspecified atom stereocenters. The van der Waals surface area contributed by atoms with E-state index in [1.54, 1.807) is 11.3 Å². The Balaban J connectivity index is 2.21. The fraction of sp³-hybridized carbons (Fsp3) is 0.364. The molecule has 1 atom stereocenters. The van der Waals surface area contributed by atoms with Gasteiger partial charge in [0.2, 0.25) is 0 Å². The van der Waals surface area contributed by atoms with Crippen molar-refractivity contribution in [3.05, 3.63) is 36.7 Å². The van der Waals surface area contributed by atoms with Crippen LogP contribution in [0.5, 0.6) is 0 Å². The molecule has 0 radical (unpaired) electrons. The summed E-state index contributed by atoms with van der Waals surface area (Å²) in [6.07, 6.45) is 0.783. The molecular formula is C11H13Br2N3S. The van der Waals surface area contributed by atoms with Gasteiger partial charge in [-0.05, 0) is 44.8 Å². The molecule has 6 heteroatoms. The minimum Gasteiger partial charge on any atom is -0.323 e. The predicted molar refractivity (Wildman–Crippen MR) is 78.3 cm³/mol. The van der Waals surface area contributed by atoms with Crippen LogP contribution in [-0.2, 0) is 13.5 Å². The molecule has 0 aliphatic rings. The third-order valence-electron chi connectivity index (χ3n) is 2.63. The van der Waals surface area contributed by atoms with Crippen LogP contribution >= 0.6 is 43.2 Å². The van der Waals surface area contributed by atoms with E-state index < -0.39 is 0 Å². The lowest BCUT2D eigenvalue weighted by Crippen LogP contribution is -2.14. The van der Waals surface area contributed by atoms with Crippen LogP contribution < -0.4 is 5.73 Å². The van der Waals surface area contributed by atoms with Crippen molar-refractivity contribution in [3.8, 4) is 0 Å². The lowest BCUT2D eigenvalue weighted by atomic mass is 10.1. The van der Waals surface area contributed by atoms with Gasteiger partial charge in [0, 0.05) is 34.2 Å². The summed E-state index contributed by atoms with van der Waals surface area (Å²) in [6.45, 7) is 1.99. The Morgan fingerprint density at radius 3 is 2.71 bits per heavy atom. The van der Waals surface area contributed by atoms with E-state index >= 15 is 0 Å². The van der Waals surface area contributed by atoms with Crippen molar-refractivity contribution in [3.63, 3.8) is 0 Å². The van der Waals surface area contributed by atoms with Crippen molar-refractivity contribution in [2.45, 2.75) is 19.4 Å². The van der Waals surface area contributed by atoms with Crippen LogP contribution in [0.4, 0.5) is 0 Å². The van der Waals surface area contributed by atoms with Crippen LogP contribution in [0.1, 0.15) is 22.3 Å². The third-order valence-corrected chi connectivity index (χ3v) is 5.49. The molecule has 2 N–H and O–H groups in total. The van der Waals surface area contributed by atoms with Crippen LogP contribution in [0.15, 0.2) is 20.4 Å². The summed E-state index contributed by atoms with van der Waals surface area (Å²) in [5.41, 5.74) is 8.36. The molecule has 0 saturated carbocycles. The Morgan fingerprint density at radius 1 is 1.53 bits per heavy atom. The zero-order chi connectivity index (χ0) is 12.6. The molecule has 0 aliphatic heterocycles. The highest BCUT2D eigenvalue weighted by atomic mass is 79.9. The Kier molecular flexibility index (Phi) is 4.07. The summed E-state index contributed by atoms with van der Waals surface area (Å²) in [7, 11) is 1.95. The number of rotatable bonds is 3. The molecule has 0 bridgehead atoms. The van der Waals surface area contributed by atoms with E-state index in [0.29, 0.717) is 0 Å². The molecular weight excluding hydrogens is 366 g/mol. The van der Waals surface area contributed by atoms with Crippen LogP contribution in [0.25, 0.3) is 0 Å². The number of aromatic nitrogens is 2. The van der Waals surface area contributed by atoms with Crippen LogP contribution in [0.3, 0.4) is 0 Å². The van der Waals surface area contributed by atoms with Crippen molar-refractivity contribution in [2.75, 3.05) is 0 Å². The number of hydrogen-bond donors (Lipinski definition) is 1. The number of halogens is 2. The normalized spacial score (nSPS) is 13.0. The summed E-state index contributed by atoms with van der Waals surface area (Å²) in [6, 6.07) is 2.09. The lowest BCUT2D eigenvalue weighted by Gasteiger charge is -2.10. The molecule has 2 aromatic heterocycles. The van der Waals surface area contributed by atoms with Crippen LogP contribution in [0.2, 0.25) is 0 Å². The first-order chi connectivity index (χ1) is 7.99. The van der Waals surface area contributed by atoms with Gasteiger partial charge in [0.15, 0.2) is 0 Å². The molecule has 17 heavy (non-hydrogen) atoms. The molecule has 0 saturated heterocycles. The molecule has 0 amide bonds. The maximum Gasteiger partial charge on any atom is 0.0738 e. The van der Waals surface area contributed by atoms with E-state index in [1.165, 1.54) is 4.88 Å². The number of hydrogen-bond acceptors (Lipinski definition) is 3. The van der Waals surface area contributed by atoms with Gasteiger partial charge in [-0.15, -0.1) is 11.3 Å². The van der Waals surface area contributed by atoms with Crippen LogP contribution in [-0.4, -0.2) is 9.78 Å². The Bertz CT molecular complexity index is 533. The Labute approximate surface area is 121 Å². The fourth-order valence-electron chi connectivity index (χ4n) is 1.73. The van der Waals surface area contributed by atoms with Gasteiger partial charge in [-0.3, -0.25) is 4.68 Å². The number of thiophene rings is 1. The molecule has 0 fully saturated rings. The molecule has 2 heterocycles. The summed E-state index contributed by atoms with van der Waals surface area (Å²) < 4.78 is 4.04. The van der Waals surface area contributed by atoms with Gasteiger partial charge in [-0.1, -0.05) is 0 Å². The minimum atomic E-state index is 0.0115. The van der Waals surface area contributed by atoms with Gasteiger partial charge in [0.05, 0.1) is 15.9 Å². The summed E-state index contributed by atoms with van der Waals surface area (Å²) in [4.78, 5) is 1.18. The monoisotopic (exact) mass is 377 g/mol. The van der Waals surface area contributed by atoms with Crippen molar-refractivity contribution < 1.29 is 0 Å². The largest absolute Gasteiger partial charge is 0.323 e. The standard InChI is InChI=1S/C11H13Br2N3S/c1-6-11(13)9(16(2)15-6)4-8(14)10-3-7(12)5-17-10/h3,5,8H,4,14H2,1-2H3. The first-order valence-electron chi connectivity index (χ1n) is 5.16. The summed E-state index contributed by atoms with van der Waals surface area (Å²) in [5.74, 6) is 0. The van der Waals surface area contributed by atoms with Crippen molar-refractivity contribution >= 4 is 43.2 Å². The zero-order valence-electron chi connectivity index (χ0n) is 9.58. The Hall–Kier alpha value is -0.170. The van der Waals surface area contributed by atoms with E-state index in [-0.39, 0.29) is 6.04 Å². The highest BCUT2D eigenvalue weighted by molar-refractivity contribution is 9.10. The second-order valence-corrected chi connectivity index (χ2v) is 6.60. The van der Waals surface area contributed by atoms with E-state index in [0.717, 1.165) is 26.8 Å². The van der Waals surface area contributed by atoms with E-state index in [2.05, 4.69) is 48.4 Å². The van der Waals surface area contributed by atoms with E-state index in [9.17, 15) is 0 Å². The number of nitrogens with zero attached hydrogens (tertiary/aromatic N) is 2. The molecule has 92 valence electrons. The van der Waals surface area contributed by atoms with Gasteiger partial charge in [0.25, 0.3) is 0 Å². The highest BCUT2D eigenvalue weighted by Crippen LogP contribution is 2.29. The molecule has 0 aliphatic carbocycles. The van der Waals surface area contributed by atoms with Crippen molar-refractivity contribution in [2.24, 2.45) is 12.8 Å². The molecule has 2 rings (SSSR count). The maximum absolute atomic E-state index is 6.22. The minimum absolute atomic E-state index is 0.0115. The fourth-order valence-corrected chi connectivity index (χ4v) is 3.68. The second-order valence-electron chi connectivity index (χ2n) is 3.95. The average Bonchev–Trinajstić information content (AvgIpc) is 2.79. The van der Waals surface area contributed by atoms with Gasteiger partial charge in [0.1, 0.15) is 0 Å². The second kappa shape index (κ2) is 5.22. The average molecular weight is 379 g/mol. The molecule has 2 aromatic rings. The first-order valence-corrected chi connectivity index (χ1v) is 7.63. The smallest absolute Gasteiger partial charge is 0.0738 e. The topological polar surface area (TPSA) is 43.8 Å². The zero-order valence-corrected chi connectivity index (χ0v) is 13.6. The SMILES string of the molecule is Cc1nn(C)c(CC(N)c2cc(Br)cs2)c1Br. The maximum atomic E-state index is 6.22. The highest BCUT2D eigenvalue weighted by Gasteiger charge is 2.16. The number of aryl methyl sites for hydroxylation is 2. The van der Waals surface area contributed by atoms with Gasteiger partial charge in [-0.25, -0.2) is 0 Å². The van der Waals surface area contributed by atoms with Gasteiger partial charge >= 0.3 is 0 Å². The third kappa shape index (κ3) is 2.81. The van der Waals surface area contributed by atoms with Gasteiger partial charge in [-0.2, -0.15) is 5.10 Å². The molecule has 0 aromatic carbocycles. The van der Waals surface area contributed by atoms with Gasteiger partial charge < -0.3 is 5.73 Å². The summed E-state index contributed by atoms with van der Waals surface area (Å²) >= 11 is 8.69. The first kappa shape index (κ1) is 13.3. The quantitative estimate of drug-likeness (QED) is 0.887. The summed E-state index contributed by atoms with van der Waals surface area (Å²) in [5, 5.41) is 6.43.